The van der Waals surface area contributed by atoms with Crippen LogP contribution in [-0.2, 0) is 11.0 Å². The molecular formula is C10H10F3N3O3. The van der Waals surface area contributed by atoms with Gasteiger partial charge in [-0.2, -0.15) is 13.2 Å². The number of amides is 1. The Kier molecular flexibility index (Phi) is 3.78. The predicted molar refractivity (Wildman–Crippen MR) is 56.2 cm³/mol. The van der Waals surface area contributed by atoms with Crippen molar-refractivity contribution in [2.24, 2.45) is 0 Å². The van der Waals surface area contributed by atoms with E-state index in [1.807, 2.05) is 0 Å². The molecule has 0 unspecified atom stereocenters. The van der Waals surface area contributed by atoms with E-state index in [9.17, 15) is 22.8 Å². The summed E-state index contributed by atoms with van der Waals surface area (Å²) >= 11 is 0. The van der Waals surface area contributed by atoms with Gasteiger partial charge in [-0.15, -0.1) is 0 Å². The Bertz CT molecular complexity index is 497. The molecule has 0 aliphatic heterocycles. The molecule has 1 aromatic rings. The van der Waals surface area contributed by atoms with Gasteiger partial charge in [0.2, 0.25) is 5.82 Å². The van der Waals surface area contributed by atoms with Gasteiger partial charge in [0.1, 0.15) is 5.54 Å². The SMILES string of the molecule is CC(C)(NC(=O)c1cnc(C(F)(F)F)nc1)C(=O)O. The smallest absolute Gasteiger partial charge is 0.451 e. The molecule has 0 radical (unpaired) electrons. The molecule has 0 atom stereocenters. The highest BCUT2D eigenvalue weighted by molar-refractivity contribution is 5.97. The van der Waals surface area contributed by atoms with E-state index in [0.29, 0.717) is 12.4 Å². The van der Waals surface area contributed by atoms with E-state index in [1.165, 1.54) is 13.8 Å². The molecule has 0 bridgehead atoms. The zero-order chi connectivity index (χ0) is 14.8. The van der Waals surface area contributed by atoms with Crippen LogP contribution in [0.5, 0.6) is 0 Å². The van der Waals surface area contributed by atoms with Crippen molar-refractivity contribution in [1.29, 1.82) is 0 Å². The number of alkyl halides is 3. The minimum atomic E-state index is -4.70. The van der Waals surface area contributed by atoms with E-state index in [2.05, 4.69) is 15.3 Å². The number of carboxylic acid groups (broad SMARTS) is 1. The number of carboxylic acids is 1. The van der Waals surface area contributed by atoms with Gasteiger partial charge in [-0.1, -0.05) is 0 Å². The maximum absolute atomic E-state index is 12.2. The zero-order valence-corrected chi connectivity index (χ0v) is 9.95. The number of aliphatic carboxylic acids is 1. The first-order chi connectivity index (χ1) is 8.54. The number of nitrogens with zero attached hydrogens (tertiary/aromatic N) is 2. The quantitative estimate of drug-likeness (QED) is 0.862. The summed E-state index contributed by atoms with van der Waals surface area (Å²) in [6.07, 6.45) is -3.33. The monoisotopic (exact) mass is 277 g/mol. The highest BCUT2D eigenvalue weighted by Crippen LogP contribution is 2.25. The summed E-state index contributed by atoms with van der Waals surface area (Å²) in [6.45, 7) is 2.47. The minimum Gasteiger partial charge on any atom is -0.480 e. The number of hydrogen-bond donors (Lipinski definition) is 2. The lowest BCUT2D eigenvalue weighted by Crippen LogP contribution is -2.49. The van der Waals surface area contributed by atoms with Gasteiger partial charge in [-0.3, -0.25) is 4.79 Å². The third-order valence-electron chi connectivity index (χ3n) is 2.13. The van der Waals surface area contributed by atoms with Crippen LogP contribution in [0.2, 0.25) is 0 Å². The molecule has 0 saturated heterocycles. The Labute approximate surface area is 105 Å². The van der Waals surface area contributed by atoms with E-state index < -0.39 is 29.4 Å². The Morgan fingerprint density at radius 3 is 2.05 bits per heavy atom. The van der Waals surface area contributed by atoms with Gasteiger partial charge in [-0.25, -0.2) is 14.8 Å². The molecule has 1 heterocycles. The van der Waals surface area contributed by atoms with Crippen LogP contribution >= 0.6 is 0 Å². The lowest BCUT2D eigenvalue weighted by molar-refractivity contribution is -0.145. The van der Waals surface area contributed by atoms with Gasteiger partial charge in [0.25, 0.3) is 5.91 Å². The highest BCUT2D eigenvalue weighted by atomic mass is 19.4. The molecule has 0 aromatic carbocycles. The normalized spacial score (nSPS) is 12.1. The second-order valence-electron chi connectivity index (χ2n) is 4.18. The fraction of sp³-hybridized carbons (Fsp3) is 0.400. The largest absolute Gasteiger partial charge is 0.480 e. The maximum atomic E-state index is 12.2. The molecule has 9 heteroatoms. The first-order valence-corrected chi connectivity index (χ1v) is 4.99. The van der Waals surface area contributed by atoms with Crippen LogP contribution in [0.15, 0.2) is 12.4 Å². The molecule has 104 valence electrons. The number of carbonyl (C=O) groups excluding carboxylic acids is 1. The standard InChI is InChI=1S/C10H10F3N3O3/c1-9(2,8(18)19)16-6(17)5-3-14-7(15-4-5)10(11,12)13/h3-4H,1-2H3,(H,16,17)(H,18,19). The number of carbonyl (C=O) groups is 2. The number of hydrogen-bond acceptors (Lipinski definition) is 4. The molecule has 0 aliphatic rings. The molecule has 0 spiro atoms. The summed E-state index contributed by atoms with van der Waals surface area (Å²) in [6, 6.07) is 0. The molecule has 1 aromatic heterocycles. The van der Waals surface area contributed by atoms with Gasteiger partial charge in [-0.05, 0) is 13.8 Å². The molecule has 1 amide bonds. The summed E-state index contributed by atoms with van der Waals surface area (Å²) < 4.78 is 36.6. The van der Waals surface area contributed by atoms with Crippen molar-refractivity contribution < 1.29 is 27.9 Å². The molecule has 0 aliphatic carbocycles. The summed E-state index contributed by atoms with van der Waals surface area (Å²) in [4.78, 5) is 28.4. The number of aromatic nitrogens is 2. The first-order valence-electron chi connectivity index (χ1n) is 4.99. The third kappa shape index (κ3) is 3.63. The Morgan fingerprint density at radius 2 is 1.68 bits per heavy atom. The van der Waals surface area contributed by atoms with Gasteiger partial charge in [0.05, 0.1) is 5.56 Å². The maximum Gasteiger partial charge on any atom is 0.451 e. The fourth-order valence-electron chi connectivity index (χ4n) is 1.00. The van der Waals surface area contributed by atoms with Gasteiger partial charge >= 0.3 is 12.1 Å². The molecule has 0 fully saturated rings. The summed E-state index contributed by atoms with van der Waals surface area (Å²) in [5, 5.41) is 10.9. The van der Waals surface area contributed by atoms with Crippen LogP contribution in [0.4, 0.5) is 13.2 Å². The number of nitrogens with one attached hydrogen (secondary N) is 1. The minimum absolute atomic E-state index is 0.262. The van der Waals surface area contributed by atoms with Crippen LogP contribution in [-0.4, -0.2) is 32.5 Å². The molecule has 6 nitrogen and oxygen atoms in total. The van der Waals surface area contributed by atoms with Gasteiger partial charge in [0.15, 0.2) is 0 Å². The van der Waals surface area contributed by atoms with Crippen LogP contribution in [0, 0.1) is 0 Å². The summed E-state index contributed by atoms with van der Waals surface area (Å²) in [5.41, 5.74) is -1.82. The fourth-order valence-corrected chi connectivity index (χ4v) is 1.00. The van der Waals surface area contributed by atoms with Crippen molar-refractivity contribution in [3.05, 3.63) is 23.8 Å². The molecule has 2 N–H and O–H groups in total. The van der Waals surface area contributed by atoms with Crippen molar-refractivity contribution >= 4 is 11.9 Å². The molecular weight excluding hydrogens is 267 g/mol. The number of halogens is 3. The number of rotatable bonds is 3. The molecule has 1 rings (SSSR count). The predicted octanol–water partition coefficient (Wildman–Crippen LogP) is 1.09. The average molecular weight is 277 g/mol. The van der Waals surface area contributed by atoms with Crippen molar-refractivity contribution in [2.75, 3.05) is 0 Å². The average Bonchev–Trinajstić information content (AvgIpc) is 2.27. The van der Waals surface area contributed by atoms with Crippen molar-refractivity contribution in [2.45, 2.75) is 25.6 Å². The highest BCUT2D eigenvalue weighted by Gasteiger charge is 2.35. The third-order valence-corrected chi connectivity index (χ3v) is 2.13. The zero-order valence-electron chi connectivity index (χ0n) is 9.95. The van der Waals surface area contributed by atoms with Crippen molar-refractivity contribution in [1.82, 2.24) is 15.3 Å². The topological polar surface area (TPSA) is 92.2 Å². The second-order valence-corrected chi connectivity index (χ2v) is 4.18. The van der Waals surface area contributed by atoms with Crippen LogP contribution in [0.1, 0.15) is 30.0 Å². The lowest BCUT2D eigenvalue weighted by Gasteiger charge is -2.20. The second kappa shape index (κ2) is 4.82. The van der Waals surface area contributed by atoms with E-state index in [1.54, 1.807) is 0 Å². The Morgan fingerprint density at radius 1 is 1.21 bits per heavy atom. The molecule has 19 heavy (non-hydrogen) atoms. The van der Waals surface area contributed by atoms with Crippen LogP contribution in [0.25, 0.3) is 0 Å². The van der Waals surface area contributed by atoms with Gasteiger partial charge < -0.3 is 10.4 Å². The van der Waals surface area contributed by atoms with Crippen LogP contribution in [0.3, 0.4) is 0 Å². The Balaban J connectivity index is 2.88. The van der Waals surface area contributed by atoms with E-state index in [0.717, 1.165) is 0 Å². The van der Waals surface area contributed by atoms with E-state index in [4.69, 9.17) is 5.11 Å². The van der Waals surface area contributed by atoms with Crippen LogP contribution < -0.4 is 5.32 Å². The summed E-state index contributed by atoms with van der Waals surface area (Å²) in [7, 11) is 0. The van der Waals surface area contributed by atoms with E-state index >= 15 is 0 Å². The van der Waals surface area contributed by atoms with Crippen molar-refractivity contribution in [3.8, 4) is 0 Å². The Hall–Kier alpha value is -2.19. The van der Waals surface area contributed by atoms with Crippen molar-refractivity contribution in [3.63, 3.8) is 0 Å². The molecule has 0 saturated carbocycles. The first kappa shape index (κ1) is 14.9. The lowest BCUT2D eigenvalue weighted by atomic mass is 10.1. The summed E-state index contributed by atoms with van der Waals surface area (Å²) in [5.74, 6) is -3.53. The van der Waals surface area contributed by atoms with E-state index in [-0.39, 0.29) is 5.56 Å². The van der Waals surface area contributed by atoms with Gasteiger partial charge in [0, 0.05) is 12.4 Å².